The molecule has 0 spiro atoms. The standard InChI is InChI=1S/C12H17F3N2O/c1-16-7-9(10(8-16)12(13,14)15)11(18)17-5-3-2-4-6-17/h2-3,9-10H,4-8H2,1H3. The molecule has 2 rings (SSSR count). The highest BCUT2D eigenvalue weighted by molar-refractivity contribution is 5.80. The monoisotopic (exact) mass is 262 g/mol. The number of nitrogens with zero attached hydrogens (tertiary/aromatic N) is 2. The van der Waals surface area contributed by atoms with Crippen LogP contribution in [-0.2, 0) is 4.79 Å². The van der Waals surface area contributed by atoms with Gasteiger partial charge in [-0.3, -0.25) is 4.79 Å². The van der Waals surface area contributed by atoms with Gasteiger partial charge in [0.1, 0.15) is 0 Å². The smallest absolute Gasteiger partial charge is 0.338 e. The molecule has 1 saturated heterocycles. The maximum absolute atomic E-state index is 12.9. The molecule has 2 atom stereocenters. The lowest BCUT2D eigenvalue weighted by molar-refractivity contribution is -0.185. The summed E-state index contributed by atoms with van der Waals surface area (Å²) in [4.78, 5) is 15.3. The van der Waals surface area contributed by atoms with Crippen LogP contribution in [0.25, 0.3) is 0 Å². The van der Waals surface area contributed by atoms with Gasteiger partial charge in [-0.25, -0.2) is 0 Å². The Morgan fingerprint density at radius 1 is 1.28 bits per heavy atom. The number of likely N-dealkylation sites (tertiary alicyclic amines) is 1. The van der Waals surface area contributed by atoms with Gasteiger partial charge in [0, 0.05) is 26.2 Å². The van der Waals surface area contributed by atoms with Gasteiger partial charge in [-0.05, 0) is 13.5 Å². The molecule has 1 amide bonds. The van der Waals surface area contributed by atoms with Gasteiger partial charge in [-0.1, -0.05) is 12.2 Å². The second-order valence-corrected chi connectivity index (χ2v) is 5.02. The van der Waals surface area contributed by atoms with Gasteiger partial charge in [0.05, 0.1) is 11.8 Å². The van der Waals surface area contributed by atoms with E-state index in [-0.39, 0.29) is 19.0 Å². The minimum absolute atomic E-state index is 0.0798. The summed E-state index contributed by atoms with van der Waals surface area (Å²) >= 11 is 0. The molecule has 3 nitrogen and oxygen atoms in total. The Balaban J connectivity index is 2.10. The number of carbonyl (C=O) groups is 1. The maximum Gasteiger partial charge on any atom is 0.393 e. The van der Waals surface area contributed by atoms with Gasteiger partial charge in [-0.2, -0.15) is 13.2 Å². The molecule has 0 saturated carbocycles. The van der Waals surface area contributed by atoms with E-state index in [1.165, 1.54) is 4.90 Å². The van der Waals surface area contributed by atoms with E-state index in [2.05, 4.69) is 0 Å². The van der Waals surface area contributed by atoms with Gasteiger partial charge in [0.25, 0.3) is 0 Å². The van der Waals surface area contributed by atoms with Crippen LogP contribution in [0.5, 0.6) is 0 Å². The van der Waals surface area contributed by atoms with Crippen LogP contribution in [0.15, 0.2) is 12.2 Å². The molecule has 0 bridgehead atoms. The predicted molar refractivity (Wildman–Crippen MR) is 60.9 cm³/mol. The zero-order chi connectivity index (χ0) is 13.3. The predicted octanol–water partition coefficient (Wildman–Crippen LogP) is 1.52. The zero-order valence-electron chi connectivity index (χ0n) is 10.3. The van der Waals surface area contributed by atoms with Crippen LogP contribution >= 0.6 is 0 Å². The van der Waals surface area contributed by atoms with E-state index < -0.39 is 18.0 Å². The van der Waals surface area contributed by atoms with Crippen molar-refractivity contribution in [2.24, 2.45) is 11.8 Å². The Kier molecular flexibility index (Phi) is 3.66. The van der Waals surface area contributed by atoms with Crippen LogP contribution < -0.4 is 0 Å². The van der Waals surface area contributed by atoms with Crippen molar-refractivity contribution in [2.75, 3.05) is 33.2 Å². The molecule has 1 fully saturated rings. The van der Waals surface area contributed by atoms with Crippen LogP contribution in [0.3, 0.4) is 0 Å². The summed E-state index contributed by atoms with van der Waals surface area (Å²) in [5.41, 5.74) is 0. The quantitative estimate of drug-likeness (QED) is 0.669. The van der Waals surface area contributed by atoms with Crippen LogP contribution in [-0.4, -0.2) is 55.1 Å². The highest BCUT2D eigenvalue weighted by Crippen LogP contribution is 2.38. The topological polar surface area (TPSA) is 23.6 Å². The molecule has 2 aliphatic rings. The second-order valence-electron chi connectivity index (χ2n) is 5.02. The third-order valence-corrected chi connectivity index (χ3v) is 3.61. The summed E-state index contributed by atoms with van der Waals surface area (Å²) in [5, 5.41) is 0. The average Bonchev–Trinajstić information content (AvgIpc) is 2.71. The highest BCUT2D eigenvalue weighted by atomic mass is 19.4. The fraction of sp³-hybridized carbons (Fsp3) is 0.750. The first kappa shape index (κ1) is 13.4. The normalized spacial score (nSPS) is 29.9. The molecule has 0 radical (unpaired) electrons. The van der Waals surface area contributed by atoms with Crippen LogP contribution in [0.4, 0.5) is 13.2 Å². The summed E-state index contributed by atoms with van der Waals surface area (Å²) in [7, 11) is 1.63. The third kappa shape index (κ3) is 2.68. The van der Waals surface area contributed by atoms with Crippen molar-refractivity contribution in [2.45, 2.75) is 12.6 Å². The minimum atomic E-state index is -4.29. The van der Waals surface area contributed by atoms with Crippen molar-refractivity contribution in [3.63, 3.8) is 0 Å². The Morgan fingerprint density at radius 2 is 2.00 bits per heavy atom. The molecule has 0 aliphatic carbocycles. The van der Waals surface area contributed by atoms with Gasteiger partial charge >= 0.3 is 6.18 Å². The van der Waals surface area contributed by atoms with E-state index in [0.717, 1.165) is 6.42 Å². The van der Waals surface area contributed by atoms with Crippen LogP contribution in [0.2, 0.25) is 0 Å². The molecule has 6 heteroatoms. The van der Waals surface area contributed by atoms with Crippen molar-refractivity contribution in [3.8, 4) is 0 Å². The van der Waals surface area contributed by atoms with E-state index >= 15 is 0 Å². The minimum Gasteiger partial charge on any atom is -0.338 e. The molecule has 2 unspecified atom stereocenters. The van der Waals surface area contributed by atoms with E-state index in [1.54, 1.807) is 11.9 Å². The molecule has 0 aromatic carbocycles. The first-order chi connectivity index (χ1) is 8.39. The van der Waals surface area contributed by atoms with E-state index in [4.69, 9.17) is 0 Å². The molecule has 2 heterocycles. The van der Waals surface area contributed by atoms with Gasteiger partial charge in [-0.15, -0.1) is 0 Å². The number of hydrogen-bond acceptors (Lipinski definition) is 2. The largest absolute Gasteiger partial charge is 0.393 e. The Morgan fingerprint density at radius 3 is 2.56 bits per heavy atom. The highest BCUT2D eigenvalue weighted by Gasteiger charge is 2.52. The van der Waals surface area contributed by atoms with Crippen molar-refractivity contribution in [1.82, 2.24) is 9.80 Å². The lowest BCUT2D eigenvalue weighted by Gasteiger charge is -2.29. The molecule has 102 valence electrons. The van der Waals surface area contributed by atoms with Crippen molar-refractivity contribution in [3.05, 3.63) is 12.2 Å². The molecule has 0 aromatic rings. The average molecular weight is 262 g/mol. The summed E-state index contributed by atoms with van der Waals surface area (Å²) in [6.45, 7) is 1.08. The fourth-order valence-corrected chi connectivity index (χ4v) is 2.66. The fourth-order valence-electron chi connectivity index (χ4n) is 2.66. The molecule has 0 N–H and O–H groups in total. The Hall–Kier alpha value is -1.04. The van der Waals surface area contributed by atoms with E-state index in [1.807, 2.05) is 12.2 Å². The zero-order valence-corrected chi connectivity index (χ0v) is 10.3. The molecular weight excluding hydrogens is 245 g/mol. The number of rotatable bonds is 1. The summed E-state index contributed by atoms with van der Waals surface area (Å²) in [6, 6.07) is 0. The summed E-state index contributed by atoms with van der Waals surface area (Å²) < 4.78 is 38.7. The number of hydrogen-bond donors (Lipinski definition) is 0. The lowest BCUT2D eigenvalue weighted by Crippen LogP contribution is -2.43. The number of carbonyl (C=O) groups excluding carboxylic acids is 1. The molecule has 18 heavy (non-hydrogen) atoms. The summed E-state index contributed by atoms with van der Waals surface area (Å²) in [5.74, 6) is -2.83. The number of amides is 1. The Bertz CT molecular complexity index is 354. The van der Waals surface area contributed by atoms with Crippen molar-refractivity contribution in [1.29, 1.82) is 0 Å². The van der Waals surface area contributed by atoms with E-state index in [9.17, 15) is 18.0 Å². The number of alkyl halides is 3. The lowest BCUT2D eigenvalue weighted by atomic mass is 9.93. The SMILES string of the molecule is CN1CC(C(=O)N2CC=CCC2)C(C(F)(F)F)C1. The first-order valence-corrected chi connectivity index (χ1v) is 6.08. The summed E-state index contributed by atoms with van der Waals surface area (Å²) in [6.07, 6.45) is 0.218. The van der Waals surface area contributed by atoms with Gasteiger partial charge in [0.2, 0.25) is 5.91 Å². The molecular formula is C12H17F3N2O. The van der Waals surface area contributed by atoms with Gasteiger partial charge in [0.15, 0.2) is 0 Å². The van der Waals surface area contributed by atoms with E-state index in [0.29, 0.717) is 13.1 Å². The molecule has 2 aliphatic heterocycles. The van der Waals surface area contributed by atoms with Gasteiger partial charge < -0.3 is 9.80 Å². The Labute approximate surface area is 104 Å². The van der Waals surface area contributed by atoms with Crippen molar-refractivity contribution < 1.29 is 18.0 Å². The maximum atomic E-state index is 12.9. The van der Waals surface area contributed by atoms with Crippen LogP contribution in [0.1, 0.15) is 6.42 Å². The first-order valence-electron chi connectivity index (χ1n) is 6.08. The second kappa shape index (κ2) is 4.91. The third-order valence-electron chi connectivity index (χ3n) is 3.61. The molecule has 0 aromatic heterocycles. The van der Waals surface area contributed by atoms with Crippen molar-refractivity contribution >= 4 is 5.91 Å². The number of halogens is 3. The van der Waals surface area contributed by atoms with Crippen LogP contribution in [0, 0.1) is 11.8 Å².